The maximum Gasteiger partial charge on any atom is 0.306 e. The second kappa shape index (κ2) is 19.6. The number of carbonyl (C=O) groups is 4. The van der Waals surface area contributed by atoms with Crippen molar-refractivity contribution >= 4 is 23.9 Å². The van der Waals surface area contributed by atoms with Gasteiger partial charge in [0.25, 0.3) is 0 Å². The number of carboxylic acids is 2. The molecule has 0 aliphatic carbocycles. The second-order valence-corrected chi connectivity index (χ2v) is 6.08. The molecule has 8 N–H and O–H groups in total. The fourth-order valence-electron chi connectivity index (χ4n) is 2.25. The molecule has 0 spiro atoms. The Morgan fingerprint density at radius 1 is 0.750 bits per heavy atom. The number of carbonyl (C=O) groups excluding carboxylic acids is 2. The summed E-state index contributed by atoms with van der Waals surface area (Å²) >= 11 is 0. The summed E-state index contributed by atoms with van der Waals surface area (Å²) in [6, 6.07) is 0. The highest BCUT2D eigenvalue weighted by Gasteiger charge is 2.13. The van der Waals surface area contributed by atoms with Gasteiger partial charge in [0.05, 0.1) is 6.61 Å². The van der Waals surface area contributed by atoms with E-state index in [0.29, 0.717) is 44.9 Å². The SMILES string of the molecule is CCC(CCCOC(=O)CCCCC(=O)O)OC(=O)CCCCC(=O)O.N.N. The van der Waals surface area contributed by atoms with E-state index in [0.717, 1.165) is 0 Å². The van der Waals surface area contributed by atoms with E-state index in [-0.39, 0.29) is 62.6 Å². The average molecular weight is 408 g/mol. The van der Waals surface area contributed by atoms with Crippen molar-refractivity contribution in [1.82, 2.24) is 12.3 Å². The lowest BCUT2D eigenvalue weighted by Gasteiger charge is -2.16. The van der Waals surface area contributed by atoms with Gasteiger partial charge in [0.1, 0.15) is 6.10 Å². The minimum Gasteiger partial charge on any atom is -0.481 e. The molecule has 10 nitrogen and oxygen atoms in total. The van der Waals surface area contributed by atoms with Gasteiger partial charge in [0.2, 0.25) is 0 Å². The highest BCUT2D eigenvalue weighted by Crippen LogP contribution is 2.11. The molecule has 0 aromatic rings. The molecule has 0 fully saturated rings. The molecule has 0 bridgehead atoms. The van der Waals surface area contributed by atoms with Crippen LogP contribution in [0.4, 0.5) is 0 Å². The Balaban J connectivity index is -0.00000312. The highest BCUT2D eigenvalue weighted by atomic mass is 16.5. The predicted octanol–water partition coefficient (Wildman–Crippen LogP) is 3.25. The van der Waals surface area contributed by atoms with Crippen LogP contribution >= 0.6 is 0 Å². The molecule has 0 saturated heterocycles. The van der Waals surface area contributed by atoms with E-state index in [9.17, 15) is 19.2 Å². The Hall–Kier alpha value is -2.20. The van der Waals surface area contributed by atoms with Crippen molar-refractivity contribution in [3.63, 3.8) is 0 Å². The number of hydrogen-bond donors (Lipinski definition) is 4. The third-order valence-electron chi connectivity index (χ3n) is 3.73. The third kappa shape index (κ3) is 20.1. The highest BCUT2D eigenvalue weighted by molar-refractivity contribution is 5.70. The molecule has 0 radical (unpaired) electrons. The van der Waals surface area contributed by atoms with Crippen molar-refractivity contribution in [2.24, 2.45) is 0 Å². The summed E-state index contributed by atoms with van der Waals surface area (Å²) in [6.45, 7) is 2.14. The topological polar surface area (TPSA) is 197 Å². The van der Waals surface area contributed by atoms with Gasteiger partial charge in [0, 0.05) is 25.7 Å². The first-order valence-electron chi connectivity index (χ1n) is 9.13. The molecular formula is C18H36N2O8. The van der Waals surface area contributed by atoms with E-state index in [2.05, 4.69) is 0 Å². The number of hydrogen-bond acceptors (Lipinski definition) is 8. The number of unbranched alkanes of at least 4 members (excludes halogenated alkanes) is 2. The van der Waals surface area contributed by atoms with Gasteiger partial charge in [-0.15, -0.1) is 0 Å². The number of esters is 2. The molecule has 28 heavy (non-hydrogen) atoms. The minimum atomic E-state index is -0.875. The molecule has 0 aliphatic rings. The average Bonchev–Trinajstić information content (AvgIpc) is 2.58. The third-order valence-corrected chi connectivity index (χ3v) is 3.73. The van der Waals surface area contributed by atoms with Crippen LogP contribution in [0.25, 0.3) is 0 Å². The van der Waals surface area contributed by atoms with Crippen molar-refractivity contribution in [2.45, 2.75) is 83.7 Å². The quantitative estimate of drug-likeness (QED) is 0.217. The van der Waals surface area contributed by atoms with Crippen LogP contribution in [-0.4, -0.2) is 46.8 Å². The summed E-state index contributed by atoms with van der Waals surface area (Å²) in [5.74, 6) is -2.43. The van der Waals surface area contributed by atoms with E-state index < -0.39 is 11.9 Å². The van der Waals surface area contributed by atoms with E-state index in [1.54, 1.807) is 0 Å². The molecule has 1 unspecified atom stereocenters. The lowest BCUT2D eigenvalue weighted by Crippen LogP contribution is -2.18. The van der Waals surface area contributed by atoms with E-state index in [1.807, 2.05) is 6.92 Å². The Morgan fingerprint density at radius 2 is 1.21 bits per heavy atom. The van der Waals surface area contributed by atoms with Crippen LogP contribution < -0.4 is 12.3 Å². The van der Waals surface area contributed by atoms with Crippen LogP contribution in [0.1, 0.15) is 77.6 Å². The Bertz CT molecular complexity index is 457. The van der Waals surface area contributed by atoms with Crippen LogP contribution in [0.15, 0.2) is 0 Å². The summed E-state index contributed by atoms with van der Waals surface area (Å²) in [5.41, 5.74) is 0. The van der Waals surface area contributed by atoms with E-state index in [1.165, 1.54) is 0 Å². The summed E-state index contributed by atoms with van der Waals surface area (Å²) in [5, 5.41) is 17.0. The zero-order valence-corrected chi connectivity index (χ0v) is 16.8. The van der Waals surface area contributed by atoms with Crippen molar-refractivity contribution < 1.29 is 38.9 Å². The van der Waals surface area contributed by atoms with E-state index >= 15 is 0 Å². The number of rotatable bonds is 16. The van der Waals surface area contributed by atoms with Crippen LogP contribution in [0.5, 0.6) is 0 Å². The summed E-state index contributed by atoms with van der Waals surface area (Å²) < 4.78 is 10.4. The maximum absolute atomic E-state index is 11.7. The molecule has 166 valence electrons. The molecule has 0 rings (SSSR count). The van der Waals surface area contributed by atoms with Gasteiger partial charge in [-0.1, -0.05) is 6.92 Å². The van der Waals surface area contributed by atoms with Crippen LogP contribution in [-0.2, 0) is 28.7 Å². The number of ether oxygens (including phenoxy) is 2. The largest absolute Gasteiger partial charge is 0.481 e. The second-order valence-electron chi connectivity index (χ2n) is 6.08. The first kappa shape index (κ1) is 30.5. The van der Waals surface area contributed by atoms with Gasteiger partial charge in [-0.3, -0.25) is 19.2 Å². The fraction of sp³-hybridized carbons (Fsp3) is 0.778. The van der Waals surface area contributed by atoms with Gasteiger partial charge >= 0.3 is 23.9 Å². The van der Waals surface area contributed by atoms with Crippen molar-refractivity contribution in [3.8, 4) is 0 Å². The summed E-state index contributed by atoms with van der Waals surface area (Å²) in [7, 11) is 0. The maximum atomic E-state index is 11.7. The zero-order valence-electron chi connectivity index (χ0n) is 16.8. The summed E-state index contributed by atoms with van der Waals surface area (Å²) in [6.07, 6.45) is 3.96. The molecule has 0 heterocycles. The van der Waals surface area contributed by atoms with Gasteiger partial charge in [0.15, 0.2) is 0 Å². The minimum absolute atomic E-state index is 0. The van der Waals surface area contributed by atoms with Crippen molar-refractivity contribution in [3.05, 3.63) is 0 Å². The molecule has 0 amide bonds. The molecule has 0 aliphatic heterocycles. The lowest BCUT2D eigenvalue weighted by molar-refractivity contribution is -0.151. The Labute approximate surface area is 166 Å². The number of aliphatic carboxylic acids is 2. The van der Waals surface area contributed by atoms with E-state index in [4.69, 9.17) is 19.7 Å². The standard InChI is InChI=1S/C18H30O8.2H3N/c1-2-14(26-18(24)12-6-4-10-16(21)22)8-7-13-25-17(23)11-5-3-9-15(19)20;;/h14H,2-13H2,1H3,(H,19,20)(H,21,22);2*1H3. The van der Waals surface area contributed by atoms with Gasteiger partial charge < -0.3 is 32.0 Å². The molecular weight excluding hydrogens is 372 g/mol. The molecule has 0 aromatic heterocycles. The Morgan fingerprint density at radius 3 is 1.68 bits per heavy atom. The lowest BCUT2D eigenvalue weighted by atomic mass is 10.1. The summed E-state index contributed by atoms with van der Waals surface area (Å²) in [4.78, 5) is 43.9. The predicted molar refractivity (Wildman–Crippen MR) is 103 cm³/mol. The van der Waals surface area contributed by atoms with Crippen LogP contribution in [0.2, 0.25) is 0 Å². The smallest absolute Gasteiger partial charge is 0.306 e. The van der Waals surface area contributed by atoms with Gasteiger partial charge in [-0.2, -0.15) is 0 Å². The fourth-order valence-corrected chi connectivity index (χ4v) is 2.25. The zero-order chi connectivity index (χ0) is 19.8. The number of carboxylic acid groups (broad SMARTS) is 2. The molecule has 0 saturated carbocycles. The van der Waals surface area contributed by atoms with Gasteiger partial charge in [-0.25, -0.2) is 0 Å². The monoisotopic (exact) mass is 408 g/mol. The molecule has 1 atom stereocenters. The van der Waals surface area contributed by atoms with Gasteiger partial charge in [-0.05, 0) is 44.9 Å². The Kier molecular flexibility index (Phi) is 21.3. The van der Waals surface area contributed by atoms with Crippen molar-refractivity contribution in [2.75, 3.05) is 6.61 Å². The van der Waals surface area contributed by atoms with Crippen molar-refractivity contribution in [1.29, 1.82) is 0 Å². The first-order valence-corrected chi connectivity index (χ1v) is 9.13. The molecule has 0 aromatic carbocycles. The van der Waals surface area contributed by atoms with Crippen LogP contribution in [0, 0.1) is 0 Å². The van der Waals surface area contributed by atoms with Crippen LogP contribution in [0.3, 0.4) is 0 Å². The normalized spacial score (nSPS) is 10.8. The molecule has 10 heteroatoms. The first-order chi connectivity index (χ1) is 12.3.